The summed E-state index contributed by atoms with van der Waals surface area (Å²) in [4.78, 5) is 75.5. The summed E-state index contributed by atoms with van der Waals surface area (Å²) in [6, 6.07) is 25.7. The predicted octanol–water partition coefficient (Wildman–Crippen LogP) is 7.92. The molecule has 5 amide bonds. The number of unbranched alkanes of at least 4 members (excludes halogenated alkanes) is 2. The molecule has 0 aromatic heterocycles. The van der Waals surface area contributed by atoms with Crippen LogP contribution in [0.2, 0.25) is 0 Å². The molecule has 5 aromatic rings. The van der Waals surface area contributed by atoms with Gasteiger partial charge in [-0.25, -0.2) is 0 Å². The van der Waals surface area contributed by atoms with Crippen molar-refractivity contribution < 1.29 is 42.9 Å². The highest BCUT2D eigenvalue weighted by molar-refractivity contribution is 6.15. The molecular weight excluding hydrogens is 891 g/mol. The Morgan fingerprint density at radius 2 is 1.41 bits per heavy atom. The second kappa shape index (κ2) is 21.6. The average molecular weight is 950 g/mol. The molecule has 4 N–H and O–H groups in total. The molecular formula is C54H59N7O9. The largest absolute Gasteiger partial charge is 0.493 e. The van der Waals surface area contributed by atoms with Gasteiger partial charge in [-0.3, -0.25) is 33.9 Å². The summed E-state index contributed by atoms with van der Waals surface area (Å²) in [5.41, 5.74) is 7.38. The number of carbonyl (C=O) groups excluding carboxylic acids is 5. The van der Waals surface area contributed by atoms with Gasteiger partial charge in [0, 0.05) is 61.8 Å². The Hall–Kier alpha value is -7.88. The van der Waals surface area contributed by atoms with E-state index in [1.165, 1.54) is 14.2 Å². The summed E-state index contributed by atoms with van der Waals surface area (Å²) >= 11 is 0. The van der Waals surface area contributed by atoms with E-state index < -0.39 is 23.9 Å². The second-order valence-corrected chi connectivity index (χ2v) is 17.6. The van der Waals surface area contributed by atoms with Crippen LogP contribution < -0.4 is 50.0 Å². The van der Waals surface area contributed by atoms with Crippen LogP contribution in [0.4, 0.5) is 28.4 Å². The fraction of sp³-hybridized carbons (Fsp3) is 0.333. The zero-order valence-electron chi connectivity index (χ0n) is 40.3. The van der Waals surface area contributed by atoms with E-state index in [1.807, 2.05) is 61.5 Å². The maximum absolute atomic E-state index is 14.0. The van der Waals surface area contributed by atoms with Crippen LogP contribution in [0.15, 0.2) is 96.0 Å². The number of rotatable bonds is 19. The van der Waals surface area contributed by atoms with Crippen LogP contribution in [-0.4, -0.2) is 81.7 Å². The molecule has 3 aliphatic heterocycles. The number of para-hydroxylation sites is 2. The monoisotopic (exact) mass is 949 g/mol. The van der Waals surface area contributed by atoms with Gasteiger partial charge in [0.1, 0.15) is 25.3 Å². The van der Waals surface area contributed by atoms with E-state index in [-0.39, 0.29) is 37.0 Å². The lowest BCUT2D eigenvalue weighted by Gasteiger charge is -2.22. The molecule has 0 aliphatic carbocycles. The number of ether oxygens (including phenoxy) is 4. The van der Waals surface area contributed by atoms with Gasteiger partial charge >= 0.3 is 0 Å². The molecule has 16 nitrogen and oxygen atoms in total. The Balaban J connectivity index is 1.03. The molecule has 0 spiro atoms. The Labute approximate surface area is 407 Å². The summed E-state index contributed by atoms with van der Waals surface area (Å²) in [7, 11) is 4.75. The van der Waals surface area contributed by atoms with Gasteiger partial charge in [-0.1, -0.05) is 56.2 Å². The number of anilines is 4. The number of hydrogen-bond donors (Lipinski definition) is 4. The molecule has 0 bridgehead atoms. The highest BCUT2D eigenvalue weighted by atomic mass is 16.5. The van der Waals surface area contributed by atoms with Gasteiger partial charge < -0.3 is 45.1 Å². The lowest BCUT2D eigenvalue weighted by atomic mass is 10.1. The minimum atomic E-state index is -0.970. The van der Waals surface area contributed by atoms with Crippen molar-refractivity contribution in [1.29, 1.82) is 0 Å². The van der Waals surface area contributed by atoms with Crippen molar-refractivity contribution in [1.82, 2.24) is 10.6 Å². The van der Waals surface area contributed by atoms with Gasteiger partial charge in [0.15, 0.2) is 23.0 Å². The highest BCUT2D eigenvalue weighted by Crippen LogP contribution is 2.42. The van der Waals surface area contributed by atoms with Crippen molar-refractivity contribution in [3.63, 3.8) is 0 Å². The predicted molar refractivity (Wildman–Crippen MR) is 269 cm³/mol. The third-order valence-electron chi connectivity index (χ3n) is 12.7. The summed E-state index contributed by atoms with van der Waals surface area (Å²) in [6.45, 7) is 5.74. The number of hydrogen-bond acceptors (Lipinski definition) is 11. The van der Waals surface area contributed by atoms with Crippen LogP contribution >= 0.6 is 0 Å². The Morgan fingerprint density at radius 1 is 0.757 bits per heavy atom. The minimum Gasteiger partial charge on any atom is -0.493 e. The fourth-order valence-electron chi connectivity index (χ4n) is 8.99. The summed E-state index contributed by atoms with van der Waals surface area (Å²) in [6.07, 6.45) is 6.14. The van der Waals surface area contributed by atoms with Crippen LogP contribution in [0, 0.1) is 0 Å². The lowest BCUT2D eigenvalue weighted by molar-refractivity contribution is -0.130. The zero-order chi connectivity index (χ0) is 49.5. The minimum absolute atomic E-state index is 0.00291. The van der Waals surface area contributed by atoms with Gasteiger partial charge in [-0.2, -0.15) is 0 Å². The van der Waals surface area contributed by atoms with E-state index in [9.17, 15) is 24.0 Å². The van der Waals surface area contributed by atoms with E-state index >= 15 is 0 Å². The standard InChI is InChI=1S/C54H59N7O9/c1-7-8-9-18-50(62)57-32(2)51(63)58-33(3)52(64)59-38-22-34(30-69-48-27-42(55-4)40(25-46(48)67-5)53(65)60-20-19-36-14-10-12-16-44(36)60)21-35(23-38)31-70-49-28-43-41(26-47(49)68-6)54(66)61-39(29-56-43)24-37-15-11-13-17-45(37)61/h10-17,21-23,25-29,32-33,39,55H,7-9,18-20,24,30-31H2,1-6H3,(H,57,62)(H,58,63)(H,59,64)/t32-,33?,39?/m0/s1. The van der Waals surface area contributed by atoms with Crippen molar-refractivity contribution in [3.05, 3.63) is 124 Å². The average Bonchev–Trinajstić information content (AvgIpc) is 3.94. The van der Waals surface area contributed by atoms with Crippen molar-refractivity contribution in [2.75, 3.05) is 48.2 Å². The first kappa shape index (κ1) is 48.6. The molecule has 3 aliphatic rings. The van der Waals surface area contributed by atoms with E-state index in [2.05, 4.69) is 21.3 Å². The summed E-state index contributed by atoms with van der Waals surface area (Å²) in [5.74, 6) is -0.190. The van der Waals surface area contributed by atoms with Gasteiger partial charge in [0.05, 0.1) is 42.8 Å². The molecule has 0 radical (unpaired) electrons. The first-order valence-corrected chi connectivity index (χ1v) is 23.7. The topological polar surface area (TPSA) is 189 Å². The number of benzene rings is 5. The molecule has 0 fully saturated rings. The molecule has 364 valence electrons. The number of nitrogens with zero attached hydrogens (tertiary/aromatic N) is 3. The molecule has 5 aromatic carbocycles. The summed E-state index contributed by atoms with van der Waals surface area (Å²) in [5, 5.41) is 11.5. The third kappa shape index (κ3) is 10.6. The smallest absolute Gasteiger partial charge is 0.261 e. The molecule has 3 atom stereocenters. The first-order valence-electron chi connectivity index (χ1n) is 23.7. The third-order valence-corrected chi connectivity index (χ3v) is 12.7. The first-order chi connectivity index (χ1) is 33.9. The van der Waals surface area contributed by atoms with E-state index in [4.69, 9.17) is 23.9 Å². The van der Waals surface area contributed by atoms with Crippen molar-refractivity contribution in [3.8, 4) is 23.0 Å². The maximum atomic E-state index is 14.0. The van der Waals surface area contributed by atoms with Crippen LogP contribution in [0.1, 0.15) is 89.4 Å². The van der Waals surface area contributed by atoms with Gasteiger partial charge in [-0.15, -0.1) is 0 Å². The molecule has 3 heterocycles. The van der Waals surface area contributed by atoms with Gasteiger partial charge in [-0.05, 0) is 91.4 Å². The quantitative estimate of drug-likeness (QED) is 0.0592. The Morgan fingerprint density at radius 3 is 2.11 bits per heavy atom. The van der Waals surface area contributed by atoms with Gasteiger partial charge in [0.2, 0.25) is 17.7 Å². The van der Waals surface area contributed by atoms with Crippen LogP contribution in [0.25, 0.3) is 0 Å². The molecule has 0 saturated heterocycles. The maximum Gasteiger partial charge on any atom is 0.261 e. The molecule has 16 heteroatoms. The number of nitrogens with one attached hydrogen (secondary N) is 4. The lowest BCUT2D eigenvalue weighted by Crippen LogP contribution is -2.50. The normalized spacial score (nSPS) is 15.1. The SMILES string of the molecule is CCCCCC(=O)N[C@@H](C)C(=O)NC(C)C(=O)Nc1cc(COc2cc3c(cc2OC)C(=O)N2c4ccccc4CC2C=N3)cc(COc2cc(NC)c(C(=O)N3CCc4ccccc43)cc2OC)c1. The summed E-state index contributed by atoms with van der Waals surface area (Å²) < 4.78 is 24.3. The molecule has 2 unspecified atom stereocenters. The van der Waals surface area contributed by atoms with E-state index in [0.717, 1.165) is 48.2 Å². The number of methoxy groups -OCH3 is 2. The van der Waals surface area contributed by atoms with Gasteiger partial charge in [0.25, 0.3) is 11.8 Å². The van der Waals surface area contributed by atoms with Crippen LogP contribution in [0.5, 0.6) is 23.0 Å². The molecule has 70 heavy (non-hydrogen) atoms. The molecule has 8 rings (SSSR count). The number of fused-ring (bicyclic) bond motifs is 5. The number of amides is 5. The molecule has 0 saturated carbocycles. The van der Waals surface area contributed by atoms with Crippen molar-refractivity contribution in [2.24, 2.45) is 4.99 Å². The van der Waals surface area contributed by atoms with Crippen LogP contribution in [0.3, 0.4) is 0 Å². The van der Waals surface area contributed by atoms with Crippen LogP contribution in [-0.2, 0) is 40.4 Å². The van der Waals surface area contributed by atoms with E-state index in [1.54, 1.807) is 73.3 Å². The fourth-order valence-corrected chi connectivity index (χ4v) is 8.99. The Bertz CT molecular complexity index is 2850. The second-order valence-electron chi connectivity index (χ2n) is 17.6. The number of carbonyl (C=O) groups is 5. The van der Waals surface area contributed by atoms with Crippen molar-refractivity contribution >= 4 is 64.2 Å². The number of aliphatic imine (C=N–C) groups is 1. The zero-order valence-corrected chi connectivity index (χ0v) is 40.3. The Kier molecular flexibility index (Phi) is 15.0. The van der Waals surface area contributed by atoms with Crippen molar-refractivity contribution in [2.45, 2.75) is 90.6 Å². The highest BCUT2D eigenvalue weighted by Gasteiger charge is 2.37. The van der Waals surface area contributed by atoms with E-state index in [0.29, 0.717) is 81.7 Å².